The molecule has 0 fully saturated rings. The predicted molar refractivity (Wildman–Crippen MR) is 79.3 cm³/mol. The molecule has 3 N–H and O–H groups in total. The Morgan fingerprint density at radius 2 is 1.94 bits per heavy atom. The Morgan fingerprint density at radius 3 is 2.44 bits per heavy atom. The van der Waals surface area contributed by atoms with E-state index >= 15 is 0 Å². The molecule has 3 heteroatoms. The predicted octanol–water partition coefficient (Wildman–Crippen LogP) is 2.83. The normalized spacial score (nSPS) is 19.6. The summed E-state index contributed by atoms with van der Waals surface area (Å²) in [6.45, 7) is 4.54. The van der Waals surface area contributed by atoms with Crippen molar-refractivity contribution in [1.29, 1.82) is 0 Å². The van der Waals surface area contributed by atoms with Crippen LogP contribution in [0.5, 0.6) is 0 Å². The number of likely N-dealkylation sites (N-methyl/N-ethyl adjacent to an activating group) is 1. The van der Waals surface area contributed by atoms with Gasteiger partial charge in [-0.05, 0) is 52.6 Å². The van der Waals surface area contributed by atoms with Crippen LogP contribution in [0.2, 0.25) is 0 Å². The van der Waals surface area contributed by atoms with Crippen molar-refractivity contribution < 1.29 is 0 Å². The van der Waals surface area contributed by atoms with Crippen molar-refractivity contribution in [3.8, 4) is 0 Å². The Kier molecular flexibility index (Phi) is 6.33. The van der Waals surface area contributed by atoms with Crippen LogP contribution in [0.15, 0.2) is 11.6 Å². The Labute approximate surface area is 113 Å². The minimum Gasteiger partial charge on any atom is -0.302 e. The largest absolute Gasteiger partial charge is 0.302 e. The van der Waals surface area contributed by atoms with Crippen molar-refractivity contribution in [3.63, 3.8) is 0 Å². The van der Waals surface area contributed by atoms with E-state index < -0.39 is 0 Å². The van der Waals surface area contributed by atoms with Gasteiger partial charge in [0.1, 0.15) is 0 Å². The van der Waals surface area contributed by atoms with Gasteiger partial charge in [0.05, 0.1) is 6.04 Å². The molecule has 0 saturated carbocycles. The van der Waals surface area contributed by atoms with E-state index in [0.29, 0.717) is 0 Å². The fourth-order valence-corrected chi connectivity index (χ4v) is 3.46. The van der Waals surface area contributed by atoms with Crippen LogP contribution in [-0.4, -0.2) is 30.6 Å². The zero-order chi connectivity index (χ0) is 13.6. The smallest absolute Gasteiger partial charge is 0.0603 e. The Balaban J connectivity index is 3.00. The van der Waals surface area contributed by atoms with Crippen molar-refractivity contribution in [2.45, 2.75) is 70.4 Å². The lowest BCUT2D eigenvalue weighted by molar-refractivity contribution is 0.101. The van der Waals surface area contributed by atoms with Crippen LogP contribution >= 0.6 is 0 Å². The maximum absolute atomic E-state index is 5.91. The summed E-state index contributed by atoms with van der Waals surface area (Å²) >= 11 is 0. The number of hydrogen-bond acceptors (Lipinski definition) is 3. The quantitative estimate of drug-likeness (QED) is 0.434. The van der Waals surface area contributed by atoms with Crippen molar-refractivity contribution in [1.82, 2.24) is 10.3 Å². The molecule has 0 spiro atoms. The van der Waals surface area contributed by atoms with Gasteiger partial charge in [-0.2, -0.15) is 0 Å². The maximum atomic E-state index is 5.91. The molecular weight excluding hydrogens is 222 g/mol. The summed E-state index contributed by atoms with van der Waals surface area (Å²) in [6.07, 6.45) is 11.1. The fourth-order valence-electron chi connectivity index (χ4n) is 3.46. The van der Waals surface area contributed by atoms with Crippen molar-refractivity contribution in [3.05, 3.63) is 11.6 Å². The zero-order valence-corrected chi connectivity index (χ0v) is 12.6. The summed E-state index contributed by atoms with van der Waals surface area (Å²) < 4.78 is 0. The van der Waals surface area contributed by atoms with Crippen LogP contribution in [-0.2, 0) is 0 Å². The highest BCUT2D eigenvalue weighted by molar-refractivity contribution is 5.20. The second-order valence-corrected chi connectivity index (χ2v) is 5.68. The summed E-state index contributed by atoms with van der Waals surface area (Å²) in [6, 6.07) is 0.278. The third kappa shape index (κ3) is 3.14. The number of rotatable bonds is 6. The van der Waals surface area contributed by atoms with Crippen molar-refractivity contribution in [2.75, 3.05) is 14.1 Å². The van der Waals surface area contributed by atoms with Gasteiger partial charge in [0.25, 0.3) is 0 Å². The average Bonchev–Trinajstić information content (AvgIpc) is 2.64. The van der Waals surface area contributed by atoms with Gasteiger partial charge in [0, 0.05) is 5.54 Å². The first-order valence-electron chi connectivity index (χ1n) is 7.44. The topological polar surface area (TPSA) is 41.3 Å². The maximum Gasteiger partial charge on any atom is 0.0603 e. The van der Waals surface area contributed by atoms with Crippen molar-refractivity contribution >= 4 is 0 Å². The van der Waals surface area contributed by atoms with Crippen LogP contribution in [0, 0.1) is 0 Å². The first-order chi connectivity index (χ1) is 8.62. The Hall–Kier alpha value is -0.380. The molecule has 1 unspecified atom stereocenters. The van der Waals surface area contributed by atoms with E-state index in [4.69, 9.17) is 5.84 Å². The van der Waals surface area contributed by atoms with E-state index in [2.05, 4.69) is 44.3 Å². The summed E-state index contributed by atoms with van der Waals surface area (Å²) in [5.41, 5.74) is 4.76. The third-order valence-electron chi connectivity index (χ3n) is 4.77. The molecule has 0 heterocycles. The molecule has 0 aliphatic heterocycles. The third-order valence-corrected chi connectivity index (χ3v) is 4.77. The number of allylic oxidation sites excluding steroid dienone is 1. The van der Waals surface area contributed by atoms with Gasteiger partial charge in [-0.1, -0.05) is 31.9 Å². The summed E-state index contributed by atoms with van der Waals surface area (Å²) in [7, 11) is 4.35. The van der Waals surface area contributed by atoms with Gasteiger partial charge >= 0.3 is 0 Å². The van der Waals surface area contributed by atoms with E-state index in [9.17, 15) is 0 Å². The lowest BCUT2D eigenvalue weighted by Gasteiger charge is -2.46. The van der Waals surface area contributed by atoms with E-state index in [1.807, 2.05) is 0 Å². The van der Waals surface area contributed by atoms with Gasteiger partial charge < -0.3 is 4.90 Å². The molecule has 1 rings (SSSR count). The molecule has 1 aliphatic carbocycles. The van der Waals surface area contributed by atoms with Crippen molar-refractivity contribution in [2.24, 2.45) is 5.84 Å². The highest BCUT2D eigenvalue weighted by atomic mass is 15.3. The standard InChI is InChI=1S/C15H31N3/c1-5-15(6-2,18(3)4)14(17-16)13-11-9-7-8-10-12-13/h11,14,17H,5-10,12,16H2,1-4H3. The number of nitrogens with one attached hydrogen (secondary N) is 1. The molecule has 106 valence electrons. The number of hydrogen-bond donors (Lipinski definition) is 2. The van der Waals surface area contributed by atoms with Crippen LogP contribution in [0.25, 0.3) is 0 Å². The first kappa shape index (κ1) is 15.7. The molecule has 0 bridgehead atoms. The van der Waals surface area contributed by atoms with Gasteiger partial charge in [-0.15, -0.1) is 0 Å². The zero-order valence-electron chi connectivity index (χ0n) is 12.6. The fraction of sp³-hybridized carbons (Fsp3) is 0.867. The second-order valence-electron chi connectivity index (χ2n) is 5.68. The van der Waals surface area contributed by atoms with E-state index in [1.54, 1.807) is 0 Å². The Morgan fingerprint density at radius 1 is 1.28 bits per heavy atom. The molecule has 1 aliphatic rings. The highest BCUT2D eigenvalue weighted by Gasteiger charge is 2.39. The lowest BCUT2D eigenvalue weighted by Crippen LogP contribution is -2.61. The first-order valence-corrected chi connectivity index (χ1v) is 7.44. The molecule has 0 amide bonds. The number of hydrazine groups is 1. The van der Waals surface area contributed by atoms with Crippen LogP contribution < -0.4 is 11.3 Å². The molecular formula is C15H31N3. The van der Waals surface area contributed by atoms with Crippen LogP contribution in [0.4, 0.5) is 0 Å². The number of nitrogens with zero attached hydrogens (tertiary/aromatic N) is 1. The van der Waals surface area contributed by atoms with E-state index in [-0.39, 0.29) is 11.6 Å². The van der Waals surface area contributed by atoms with Gasteiger partial charge in [0.15, 0.2) is 0 Å². The summed E-state index contributed by atoms with van der Waals surface area (Å²) in [5, 5.41) is 0. The molecule has 1 atom stereocenters. The minimum absolute atomic E-state index is 0.130. The molecule has 0 aromatic heterocycles. The molecule has 3 nitrogen and oxygen atoms in total. The SMILES string of the molecule is CCC(CC)(C(NN)C1=CCCCCC1)N(C)C. The highest BCUT2D eigenvalue weighted by Crippen LogP contribution is 2.33. The Bertz CT molecular complexity index is 267. The molecule has 0 aromatic rings. The molecule has 0 radical (unpaired) electrons. The van der Waals surface area contributed by atoms with E-state index in [0.717, 1.165) is 12.8 Å². The van der Waals surface area contributed by atoms with Crippen LogP contribution in [0.3, 0.4) is 0 Å². The summed E-state index contributed by atoms with van der Waals surface area (Å²) in [5.74, 6) is 5.91. The monoisotopic (exact) mass is 253 g/mol. The molecule has 0 aromatic carbocycles. The van der Waals surface area contributed by atoms with Crippen LogP contribution in [0.1, 0.15) is 58.8 Å². The summed E-state index contributed by atoms with van der Waals surface area (Å²) in [4.78, 5) is 2.35. The van der Waals surface area contributed by atoms with Gasteiger partial charge in [-0.3, -0.25) is 11.3 Å². The molecule has 0 saturated heterocycles. The van der Waals surface area contributed by atoms with E-state index in [1.165, 1.54) is 37.7 Å². The number of nitrogens with two attached hydrogens (primary N) is 1. The van der Waals surface area contributed by atoms with Gasteiger partial charge in [0.2, 0.25) is 0 Å². The second kappa shape index (κ2) is 7.27. The lowest BCUT2D eigenvalue weighted by atomic mass is 9.78. The molecule has 18 heavy (non-hydrogen) atoms. The average molecular weight is 253 g/mol. The van der Waals surface area contributed by atoms with Gasteiger partial charge in [-0.25, -0.2) is 0 Å². The minimum atomic E-state index is 0.130.